The van der Waals surface area contributed by atoms with E-state index < -0.39 is 5.41 Å². The maximum atomic E-state index is 11.7. The molecule has 2 rings (SSSR count). The lowest BCUT2D eigenvalue weighted by molar-refractivity contribution is -0.133. The zero-order chi connectivity index (χ0) is 10.6. The lowest BCUT2D eigenvalue weighted by Gasteiger charge is -2.38. The number of methoxy groups -OCH3 is 1. The van der Waals surface area contributed by atoms with Crippen molar-refractivity contribution in [2.45, 2.75) is 39.2 Å². The van der Waals surface area contributed by atoms with Gasteiger partial charge in [-0.05, 0) is 42.2 Å². The number of fused-ring (bicyclic) bond motifs is 2. The van der Waals surface area contributed by atoms with E-state index in [9.17, 15) is 4.79 Å². The summed E-state index contributed by atoms with van der Waals surface area (Å²) in [4.78, 5) is 11.7. The maximum absolute atomic E-state index is 11.7. The third kappa shape index (κ3) is 0.938. The average molecular weight is 217 g/mol. The Labute approximate surface area is 90.0 Å². The first-order valence-corrected chi connectivity index (χ1v) is 5.57. The lowest BCUT2D eigenvalue weighted by Crippen LogP contribution is -2.44. The van der Waals surface area contributed by atoms with Crippen molar-refractivity contribution in [1.82, 2.24) is 0 Å². The summed E-state index contributed by atoms with van der Waals surface area (Å²) in [6.45, 7) is 4.31. The Morgan fingerprint density at radius 3 is 2.50 bits per heavy atom. The van der Waals surface area contributed by atoms with Crippen molar-refractivity contribution >= 4 is 16.8 Å². The van der Waals surface area contributed by atoms with E-state index in [4.69, 9.17) is 16.3 Å². The van der Waals surface area contributed by atoms with Crippen LogP contribution in [0.5, 0.6) is 0 Å². The molecule has 14 heavy (non-hydrogen) atoms. The van der Waals surface area contributed by atoms with Crippen LogP contribution < -0.4 is 0 Å². The van der Waals surface area contributed by atoms with E-state index >= 15 is 0 Å². The summed E-state index contributed by atoms with van der Waals surface area (Å²) in [6, 6.07) is 0. The molecule has 2 bridgehead atoms. The number of halogens is 1. The van der Waals surface area contributed by atoms with Crippen molar-refractivity contribution in [1.29, 1.82) is 0 Å². The van der Waals surface area contributed by atoms with Gasteiger partial charge in [0.1, 0.15) is 0 Å². The predicted octanol–water partition coefficient (Wildman–Crippen LogP) is 2.59. The fourth-order valence-corrected chi connectivity index (χ4v) is 4.13. The van der Waals surface area contributed by atoms with Crippen LogP contribution in [0.25, 0.3) is 0 Å². The zero-order valence-electron chi connectivity index (χ0n) is 8.97. The topological polar surface area (TPSA) is 26.3 Å². The number of hydrogen-bond donors (Lipinski definition) is 0. The Morgan fingerprint density at radius 1 is 1.50 bits per heavy atom. The third-order valence-electron chi connectivity index (χ3n) is 4.74. The van der Waals surface area contributed by atoms with Crippen LogP contribution in [0, 0.1) is 16.7 Å². The number of hydrogen-bond acceptors (Lipinski definition) is 2. The van der Waals surface area contributed by atoms with Gasteiger partial charge in [0.05, 0.1) is 11.5 Å². The van der Waals surface area contributed by atoms with Crippen molar-refractivity contribution in [3.05, 3.63) is 0 Å². The number of rotatable bonds is 2. The Hall–Kier alpha value is -0.0800. The highest BCUT2D eigenvalue weighted by atomic mass is 35.5. The third-order valence-corrected chi connectivity index (χ3v) is 5.08. The van der Waals surface area contributed by atoms with Crippen molar-refractivity contribution in [3.63, 3.8) is 0 Å². The molecule has 0 aliphatic heterocycles. The molecule has 0 N–H and O–H groups in total. The number of carbonyl (C=O) groups excluding carboxylic acids is 1. The van der Waals surface area contributed by atoms with Gasteiger partial charge in [-0.25, -0.2) is 0 Å². The summed E-state index contributed by atoms with van der Waals surface area (Å²) in [7, 11) is 1.68. The van der Waals surface area contributed by atoms with E-state index in [1.807, 2.05) is 0 Å². The van der Waals surface area contributed by atoms with E-state index in [1.165, 1.54) is 0 Å². The minimum absolute atomic E-state index is 0.00646. The van der Waals surface area contributed by atoms with Gasteiger partial charge in [0, 0.05) is 7.11 Å². The molecular weight excluding hydrogens is 200 g/mol. The Balaban J connectivity index is 2.46. The smallest absolute Gasteiger partial charge is 0.230 e. The first-order valence-electron chi connectivity index (χ1n) is 5.19. The van der Waals surface area contributed by atoms with Gasteiger partial charge in [0.2, 0.25) is 5.24 Å². The monoisotopic (exact) mass is 216 g/mol. The Kier molecular flexibility index (Phi) is 2.20. The van der Waals surface area contributed by atoms with Crippen LogP contribution in [0.15, 0.2) is 0 Å². The average Bonchev–Trinajstić information content (AvgIpc) is 2.51. The minimum atomic E-state index is -0.423. The fraction of sp³-hybridized carbons (Fsp3) is 0.909. The molecule has 3 atom stereocenters. The summed E-state index contributed by atoms with van der Waals surface area (Å²) in [5, 5.41) is -0.200. The Bertz CT molecular complexity index is 274. The minimum Gasteiger partial charge on any atom is -0.380 e. The maximum Gasteiger partial charge on any atom is 0.230 e. The highest BCUT2D eigenvalue weighted by molar-refractivity contribution is 6.65. The first kappa shape index (κ1) is 10.4. The normalized spacial score (nSPS) is 44.3. The second kappa shape index (κ2) is 2.96. The molecular formula is C11H17ClO2. The molecule has 0 unspecified atom stereocenters. The van der Waals surface area contributed by atoms with Gasteiger partial charge in [-0.2, -0.15) is 0 Å². The van der Waals surface area contributed by atoms with E-state index in [0.717, 1.165) is 19.3 Å². The second-order valence-electron chi connectivity index (χ2n) is 5.16. The SMILES string of the molecule is CO[C@H]1C[C@H]2CC[C@]1(C(=O)Cl)C2(C)C. The Morgan fingerprint density at radius 2 is 2.14 bits per heavy atom. The molecule has 0 aromatic carbocycles. The summed E-state index contributed by atoms with van der Waals surface area (Å²) >= 11 is 5.81. The predicted molar refractivity (Wildman–Crippen MR) is 55.2 cm³/mol. The van der Waals surface area contributed by atoms with Crippen LogP contribution in [0.3, 0.4) is 0 Å². The molecule has 0 radical (unpaired) electrons. The quantitative estimate of drug-likeness (QED) is 0.664. The van der Waals surface area contributed by atoms with Crippen LogP contribution in [-0.2, 0) is 9.53 Å². The van der Waals surface area contributed by atoms with Crippen LogP contribution in [0.1, 0.15) is 33.1 Å². The number of carbonyl (C=O) groups is 1. The van der Waals surface area contributed by atoms with Gasteiger partial charge in [-0.1, -0.05) is 13.8 Å². The number of ether oxygens (including phenoxy) is 1. The van der Waals surface area contributed by atoms with Gasteiger partial charge in [-0.3, -0.25) is 4.79 Å². The summed E-state index contributed by atoms with van der Waals surface area (Å²) in [5.74, 6) is 0.593. The van der Waals surface area contributed by atoms with E-state index in [2.05, 4.69) is 13.8 Å². The van der Waals surface area contributed by atoms with Crippen LogP contribution in [-0.4, -0.2) is 18.5 Å². The highest BCUT2D eigenvalue weighted by Gasteiger charge is 2.67. The van der Waals surface area contributed by atoms with E-state index in [1.54, 1.807) is 7.11 Å². The van der Waals surface area contributed by atoms with E-state index in [0.29, 0.717) is 5.92 Å². The van der Waals surface area contributed by atoms with Crippen LogP contribution in [0.2, 0.25) is 0 Å². The fourth-order valence-electron chi connectivity index (χ4n) is 3.67. The van der Waals surface area contributed by atoms with Gasteiger partial charge in [-0.15, -0.1) is 0 Å². The molecule has 2 nitrogen and oxygen atoms in total. The van der Waals surface area contributed by atoms with Crippen LogP contribution >= 0.6 is 11.6 Å². The summed E-state index contributed by atoms with van der Waals surface area (Å²) in [6.07, 6.45) is 3.03. The van der Waals surface area contributed by atoms with Gasteiger partial charge < -0.3 is 4.74 Å². The summed E-state index contributed by atoms with van der Waals surface area (Å²) < 4.78 is 5.44. The summed E-state index contributed by atoms with van der Waals surface area (Å²) in [5.41, 5.74) is -0.416. The zero-order valence-corrected chi connectivity index (χ0v) is 9.73. The molecule has 0 heterocycles. The highest BCUT2D eigenvalue weighted by Crippen LogP contribution is 2.67. The van der Waals surface area contributed by atoms with E-state index in [-0.39, 0.29) is 16.8 Å². The van der Waals surface area contributed by atoms with Gasteiger partial charge >= 0.3 is 0 Å². The molecule has 0 saturated heterocycles. The largest absolute Gasteiger partial charge is 0.380 e. The molecule has 0 aromatic heterocycles. The molecule has 2 aliphatic rings. The van der Waals surface area contributed by atoms with Crippen molar-refractivity contribution in [2.24, 2.45) is 16.7 Å². The second-order valence-corrected chi connectivity index (χ2v) is 5.51. The van der Waals surface area contributed by atoms with Crippen molar-refractivity contribution in [2.75, 3.05) is 7.11 Å². The van der Waals surface area contributed by atoms with Gasteiger partial charge in [0.15, 0.2) is 0 Å². The van der Waals surface area contributed by atoms with Gasteiger partial charge in [0.25, 0.3) is 0 Å². The lowest BCUT2D eigenvalue weighted by atomic mass is 9.69. The van der Waals surface area contributed by atoms with Crippen LogP contribution in [0.4, 0.5) is 0 Å². The molecule has 3 heteroatoms. The molecule has 0 spiro atoms. The molecule has 2 aliphatic carbocycles. The first-order chi connectivity index (χ1) is 6.46. The molecule has 0 amide bonds. The standard InChI is InChI=1S/C11H17ClO2/c1-10(2)7-4-5-11(10,9(12)13)8(6-7)14-3/h7-8H,4-6H2,1-3H3/t7-,8+,11+/m1/s1. The molecule has 2 saturated carbocycles. The van der Waals surface area contributed by atoms with Crippen molar-refractivity contribution in [3.8, 4) is 0 Å². The van der Waals surface area contributed by atoms with Crippen molar-refractivity contribution < 1.29 is 9.53 Å². The molecule has 0 aromatic rings. The molecule has 2 fully saturated rings. The molecule has 80 valence electrons.